The number of thiazole rings is 1. The molecule has 2 heterocycles. The lowest BCUT2D eigenvalue weighted by molar-refractivity contribution is 0.102. The molecule has 0 bridgehead atoms. The van der Waals surface area contributed by atoms with Crippen molar-refractivity contribution in [1.82, 2.24) is 10.1 Å². The first-order valence-corrected chi connectivity index (χ1v) is 7.60. The molecule has 0 aliphatic carbocycles. The highest BCUT2D eigenvalue weighted by molar-refractivity contribution is 7.22. The number of aromatic nitrogens is 2. The molecule has 0 saturated carbocycles. The zero-order valence-corrected chi connectivity index (χ0v) is 13.0. The number of anilines is 1. The van der Waals surface area contributed by atoms with Gasteiger partial charge in [-0.3, -0.25) is 10.1 Å². The summed E-state index contributed by atoms with van der Waals surface area (Å²) in [5.74, 6) is 0.254. The van der Waals surface area contributed by atoms with Crippen molar-refractivity contribution in [3.63, 3.8) is 0 Å². The Morgan fingerprint density at radius 1 is 1.48 bits per heavy atom. The highest BCUT2D eigenvalue weighted by Gasteiger charge is 2.20. The van der Waals surface area contributed by atoms with Gasteiger partial charge in [-0.25, -0.2) is 4.98 Å². The summed E-state index contributed by atoms with van der Waals surface area (Å²) in [7, 11) is 0. The van der Waals surface area contributed by atoms with Crippen LogP contribution in [0.4, 0.5) is 5.13 Å². The minimum atomic E-state index is -0.254. The molecule has 2 aromatic heterocycles. The molecule has 21 heavy (non-hydrogen) atoms. The minimum absolute atomic E-state index is 0.254. The monoisotopic (exact) mass is 321 g/mol. The number of carbonyl (C=O) groups excluding carboxylic acids is 1. The van der Waals surface area contributed by atoms with E-state index in [0.717, 1.165) is 10.2 Å². The highest BCUT2D eigenvalue weighted by atomic mass is 35.5. The fraction of sp³-hybridized carbons (Fsp3) is 0.214. The van der Waals surface area contributed by atoms with E-state index in [1.54, 1.807) is 13.0 Å². The van der Waals surface area contributed by atoms with Gasteiger partial charge in [0.2, 0.25) is 0 Å². The van der Waals surface area contributed by atoms with Crippen LogP contribution >= 0.6 is 22.9 Å². The van der Waals surface area contributed by atoms with Gasteiger partial charge in [0.1, 0.15) is 11.3 Å². The van der Waals surface area contributed by atoms with Crippen LogP contribution in [0.1, 0.15) is 28.7 Å². The third kappa shape index (κ3) is 2.64. The summed E-state index contributed by atoms with van der Waals surface area (Å²) in [6.45, 7) is 3.65. The molecule has 0 aliphatic rings. The summed E-state index contributed by atoms with van der Waals surface area (Å²) in [5.41, 5.74) is 1.93. The van der Waals surface area contributed by atoms with Crippen LogP contribution in [0.2, 0.25) is 5.02 Å². The molecule has 1 amide bonds. The van der Waals surface area contributed by atoms with Crippen LogP contribution in [0.5, 0.6) is 0 Å². The Bertz CT molecular complexity index is 825. The lowest BCUT2D eigenvalue weighted by Gasteiger charge is -2.00. The Balaban J connectivity index is 1.90. The second-order valence-electron chi connectivity index (χ2n) is 4.50. The van der Waals surface area contributed by atoms with Gasteiger partial charge in [0.25, 0.3) is 5.91 Å². The molecule has 0 unspecified atom stereocenters. The zero-order valence-electron chi connectivity index (χ0n) is 11.4. The average Bonchev–Trinajstić information content (AvgIpc) is 3.00. The molecule has 5 nitrogen and oxygen atoms in total. The molecule has 3 aromatic rings. The fourth-order valence-corrected chi connectivity index (χ4v) is 3.20. The van der Waals surface area contributed by atoms with Crippen LogP contribution < -0.4 is 5.32 Å². The minimum Gasteiger partial charge on any atom is -0.361 e. The van der Waals surface area contributed by atoms with Gasteiger partial charge in [-0.2, -0.15) is 0 Å². The summed E-state index contributed by atoms with van der Waals surface area (Å²) in [6, 6.07) is 5.42. The first-order chi connectivity index (χ1) is 10.1. The topological polar surface area (TPSA) is 68.0 Å². The number of carbonyl (C=O) groups is 1. The molecule has 0 aliphatic heterocycles. The molecule has 0 radical (unpaired) electrons. The number of fused-ring (bicyclic) bond motifs is 1. The number of nitrogens with one attached hydrogen (secondary N) is 1. The lowest BCUT2D eigenvalue weighted by atomic mass is 10.1. The Morgan fingerprint density at radius 2 is 2.29 bits per heavy atom. The van der Waals surface area contributed by atoms with E-state index in [9.17, 15) is 4.79 Å². The number of hydrogen-bond acceptors (Lipinski definition) is 5. The lowest BCUT2D eigenvalue weighted by Crippen LogP contribution is -2.14. The number of halogens is 1. The molecular formula is C14H12ClN3O2S. The van der Waals surface area contributed by atoms with Gasteiger partial charge in [0.05, 0.1) is 15.9 Å². The summed E-state index contributed by atoms with van der Waals surface area (Å²) in [4.78, 5) is 16.7. The maximum absolute atomic E-state index is 12.3. The largest absolute Gasteiger partial charge is 0.361 e. The van der Waals surface area contributed by atoms with E-state index in [0.29, 0.717) is 33.6 Å². The van der Waals surface area contributed by atoms with E-state index in [-0.39, 0.29) is 5.91 Å². The number of hydrogen-bond donors (Lipinski definition) is 1. The van der Waals surface area contributed by atoms with Crippen molar-refractivity contribution in [2.45, 2.75) is 20.3 Å². The number of benzene rings is 1. The Kier molecular flexibility index (Phi) is 3.65. The molecule has 1 aromatic carbocycles. The van der Waals surface area contributed by atoms with Crippen LogP contribution in [0, 0.1) is 6.92 Å². The Labute approximate surface area is 129 Å². The fourth-order valence-electron chi connectivity index (χ4n) is 2.06. The van der Waals surface area contributed by atoms with E-state index in [1.165, 1.54) is 11.3 Å². The van der Waals surface area contributed by atoms with Crippen LogP contribution in [0.25, 0.3) is 10.2 Å². The predicted octanol–water partition coefficient (Wildman–Crippen LogP) is 4.06. The Morgan fingerprint density at radius 3 is 3.05 bits per heavy atom. The van der Waals surface area contributed by atoms with E-state index in [1.807, 2.05) is 19.1 Å². The quantitative estimate of drug-likeness (QED) is 0.789. The summed E-state index contributed by atoms with van der Waals surface area (Å²) < 4.78 is 6.00. The van der Waals surface area contributed by atoms with Gasteiger partial charge < -0.3 is 4.52 Å². The number of rotatable bonds is 3. The second kappa shape index (κ2) is 5.46. The summed E-state index contributed by atoms with van der Waals surface area (Å²) >= 11 is 7.32. The van der Waals surface area contributed by atoms with Gasteiger partial charge in [-0.05, 0) is 31.5 Å². The highest BCUT2D eigenvalue weighted by Crippen LogP contribution is 2.29. The van der Waals surface area contributed by atoms with Crippen LogP contribution in [0.15, 0.2) is 22.7 Å². The van der Waals surface area contributed by atoms with Gasteiger partial charge >= 0.3 is 0 Å². The third-order valence-electron chi connectivity index (χ3n) is 3.07. The molecule has 108 valence electrons. The first-order valence-electron chi connectivity index (χ1n) is 6.41. The first kappa shape index (κ1) is 14.0. The number of nitrogens with zero attached hydrogens (tertiary/aromatic N) is 2. The molecular weight excluding hydrogens is 310 g/mol. The molecule has 0 fully saturated rings. The summed E-state index contributed by atoms with van der Waals surface area (Å²) in [6.07, 6.45) is 0.634. The zero-order chi connectivity index (χ0) is 15.0. The third-order valence-corrected chi connectivity index (χ3v) is 4.24. The molecule has 7 heteroatoms. The van der Waals surface area contributed by atoms with Crippen LogP contribution in [0.3, 0.4) is 0 Å². The number of amides is 1. The van der Waals surface area contributed by atoms with Gasteiger partial charge in [-0.15, -0.1) is 0 Å². The van der Waals surface area contributed by atoms with E-state index >= 15 is 0 Å². The maximum Gasteiger partial charge on any atom is 0.262 e. The van der Waals surface area contributed by atoms with Crippen molar-refractivity contribution >= 4 is 44.2 Å². The SMILES string of the molecule is CCc1noc(C)c1C(=O)Nc1nc2ccc(Cl)cc2s1. The van der Waals surface area contributed by atoms with E-state index in [2.05, 4.69) is 15.5 Å². The summed E-state index contributed by atoms with van der Waals surface area (Å²) in [5, 5.41) is 7.85. The molecule has 1 N–H and O–H groups in total. The number of aryl methyl sites for hydroxylation is 2. The predicted molar refractivity (Wildman–Crippen MR) is 83.2 cm³/mol. The van der Waals surface area contributed by atoms with Gasteiger partial charge in [0.15, 0.2) is 5.13 Å². The average molecular weight is 322 g/mol. The van der Waals surface area contributed by atoms with Gasteiger partial charge in [0, 0.05) is 5.02 Å². The van der Waals surface area contributed by atoms with E-state index in [4.69, 9.17) is 16.1 Å². The van der Waals surface area contributed by atoms with Crippen molar-refractivity contribution < 1.29 is 9.32 Å². The molecule has 0 saturated heterocycles. The van der Waals surface area contributed by atoms with Gasteiger partial charge in [-0.1, -0.05) is 35.0 Å². The van der Waals surface area contributed by atoms with Crippen LogP contribution in [-0.4, -0.2) is 16.0 Å². The normalized spacial score (nSPS) is 11.0. The van der Waals surface area contributed by atoms with Crippen molar-refractivity contribution in [2.75, 3.05) is 5.32 Å². The van der Waals surface area contributed by atoms with E-state index < -0.39 is 0 Å². The van der Waals surface area contributed by atoms with Crippen molar-refractivity contribution in [1.29, 1.82) is 0 Å². The molecule has 0 atom stereocenters. The Hall–Kier alpha value is -1.92. The van der Waals surface area contributed by atoms with Crippen LogP contribution in [-0.2, 0) is 6.42 Å². The smallest absolute Gasteiger partial charge is 0.262 e. The van der Waals surface area contributed by atoms with Crippen molar-refractivity contribution in [3.8, 4) is 0 Å². The standard InChI is InChI=1S/C14H12ClN3O2S/c1-3-9-12(7(2)20-18-9)13(19)17-14-16-10-5-4-8(15)6-11(10)21-14/h4-6H,3H2,1-2H3,(H,16,17,19). The maximum atomic E-state index is 12.3. The van der Waals surface area contributed by atoms with Crippen molar-refractivity contribution in [3.05, 3.63) is 40.2 Å². The molecule has 0 spiro atoms. The van der Waals surface area contributed by atoms with Crippen molar-refractivity contribution in [2.24, 2.45) is 0 Å². The second-order valence-corrected chi connectivity index (χ2v) is 5.97. The molecule has 3 rings (SSSR count).